The summed E-state index contributed by atoms with van der Waals surface area (Å²) < 4.78 is 18.3. The average Bonchev–Trinajstić information content (AvgIpc) is 3.82. The minimum absolute atomic E-state index is 0.221. The number of fused-ring (bicyclic) bond motifs is 7. The molecule has 0 aliphatic carbocycles. The van der Waals surface area contributed by atoms with Crippen LogP contribution in [0.1, 0.15) is 50.2 Å². The molecule has 3 aliphatic rings. The quantitative estimate of drug-likeness (QED) is 0.103. The van der Waals surface area contributed by atoms with E-state index in [4.69, 9.17) is 24.2 Å². The summed E-state index contributed by atoms with van der Waals surface area (Å²) in [4.78, 5) is 44.5. The van der Waals surface area contributed by atoms with Gasteiger partial charge in [0.15, 0.2) is 11.4 Å². The molecule has 2 aromatic heterocycles. The van der Waals surface area contributed by atoms with Gasteiger partial charge in [-0.05, 0) is 61.4 Å². The Kier molecular flexibility index (Phi) is 8.82. The zero-order valence-electron chi connectivity index (χ0n) is 30.7. The van der Waals surface area contributed by atoms with Crippen LogP contribution in [0.4, 0.5) is 17.3 Å². The number of anilines is 3. The van der Waals surface area contributed by atoms with Crippen LogP contribution in [-0.2, 0) is 15.1 Å². The van der Waals surface area contributed by atoms with Gasteiger partial charge in [0.25, 0.3) is 5.91 Å². The Morgan fingerprint density at radius 3 is 2.56 bits per heavy atom. The van der Waals surface area contributed by atoms with E-state index in [0.717, 1.165) is 65.3 Å². The number of para-hydroxylation sites is 1. The lowest BCUT2D eigenvalue weighted by atomic mass is 9.76. The second kappa shape index (κ2) is 14.1. The van der Waals surface area contributed by atoms with Crippen molar-refractivity contribution in [3.05, 3.63) is 125 Å². The summed E-state index contributed by atoms with van der Waals surface area (Å²) in [7, 11) is 3.89. The summed E-state index contributed by atoms with van der Waals surface area (Å²) in [5.74, 6) is 2.82. The number of nitrogens with one attached hydrogen (secondary N) is 3. The van der Waals surface area contributed by atoms with Gasteiger partial charge in [0.05, 0.1) is 24.3 Å². The highest BCUT2D eigenvalue weighted by Gasteiger charge is 2.55. The van der Waals surface area contributed by atoms with Gasteiger partial charge in [0, 0.05) is 91.4 Å². The van der Waals surface area contributed by atoms with Crippen LogP contribution >= 0.6 is 0 Å². The Morgan fingerprint density at radius 1 is 0.873 bits per heavy atom. The first-order chi connectivity index (χ1) is 26.9. The fourth-order valence-corrected chi connectivity index (χ4v) is 7.87. The molecule has 1 saturated heterocycles. The predicted octanol–water partition coefficient (Wildman–Crippen LogP) is 6.72. The molecule has 6 aromatic rings. The third-order valence-electron chi connectivity index (χ3n) is 10.5. The maximum atomic E-state index is 13.6. The summed E-state index contributed by atoms with van der Waals surface area (Å²) in [5.41, 5.74) is 4.50. The first kappa shape index (κ1) is 34.4. The molecular weight excluding hydrogens is 695 g/mol. The van der Waals surface area contributed by atoms with Crippen molar-refractivity contribution in [2.45, 2.75) is 18.4 Å². The molecule has 1 unspecified atom stereocenters. The number of amides is 1. The molecule has 1 amide bonds. The number of aromatic amines is 1. The number of hydrogen-bond acceptors (Lipinski definition) is 10. The normalized spacial score (nSPS) is 16.9. The summed E-state index contributed by atoms with van der Waals surface area (Å²) in [5, 5.41) is 7.66. The fourth-order valence-electron chi connectivity index (χ4n) is 7.87. The Balaban J connectivity index is 0.902. The molecule has 5 heterocycles. The van der Waals surface area contributed by atoms with Crippen molar-refractivity contribution in [3.8, 4) is 22.9 Å². The van der Waals surface area contributed by atoms with Crippen molar-refractivity contribution >= 4 is 40.1 Å². The SMILES string of the molecule is CN(C)c1cccc2c1C1(OC(=O)c3ccc(C(=O)NCCCCNc4cc(N5CCOCC5)nc(-c5cccc6[nH]ccc56)n4)cc31)c1ccccc1O2. The van der Waals surface area contributed by atoms with Gasteiger partial charge in [0.1, 0.15) is 23.1 Å². The molecule has 1 atom stereocenters. The molecule has 4 aromatic carbocycles. The lowest BCUT2D eigenvalue weighted by molar-refractivity contribution is 0.0226. The van der Waals surface area contributed by atoms with E-state index in [1.807, 2.05) is 85.9 Å². The van der Waals surface area contributed by atoms with Crippen molar-refractivity contribution in [1.29, 1.82) is 0 Å². The number of rotatable bonds is 10. The lowest BCUT2D eigenvalue weighted by Gasteiger charge is -2.38. The van der Waals surface area contributed by atoms with Gasteiger partial charge in [-0.15, -0.1) is 0 Å². The van der Waals surface area contributed by atoms with E-state index in [1.165, 1.54) is 0 Å². The van der Waals surface area contributed by atoms with Crippen molar-refractivity contribution in [2.75, 3.05) is 68.6 Å². The molecular formula is C43H41N7O5. The zero-order valence-corrected chi connectivity index (χ0v) is 30.7. The highest BCUT2D eigenvalue weighted by atomic mass is 16.6. The van der Waals surface area contributed by atoms with Gasteiger partial charge in [-0.2, -0.15) is 0 Å². The molecule has 3 aliphatic heterocycles. The summed E-state index contributed by atoms with van der Waals surface area (Å²) in [6.07, 6.45) is 3.48. The molecule has 1 fully saturated rings. The average molecular weight is 736 g/mol. The van der Waals surface area contributed by atoms with Gasteiger partial charge >= 0.3 is 5.97 Å². The summed E-state index contributed by atoms with van der Waals surface area (Å²) >= 11 is 0. The number of ether oxygens (including phenoxy) is 3. The molecule has 1 spiro atoms. The van der Waals surface area contributed by atoms with Gasteiger partial charge < -0.3 is 39.6 Å². The number of benzene rings is 4. The molecule has 0 saturated carbocycles. The number of H-pyrrole nitrogens is 1. The third kappa shape index (κ3) is 6.08. The number of unbranched alkanes of at least 4 members (excludes halogenated alkanes) is 1. The summed E-state index contributed by atoms with van der Waals surface area (Å²) in [6.45, 7) is 4.00. The Morgan fingerprint density at radius 2 is 1.69 bits per heavy atom. The second-order valence-electron chi connectivity index (χ2n) is 14.1. The first-order valence-electron chi connectivity index (χ1n) is 18.7. The molecule has 9 rings (SSSR count). The molecule has 55 heavy (non-hydrogen) atoms. The molecule has 278 valence electrons. The van der Waals surface area contributed by atoms with Crippen molar-refractivity contribution in [3.63, 3.8) is 0 Å². The van der Waals surface area contributed by atoms with Gasteiger partial charge in [-0.3, -0.25) is 4.79 Å². The molecule has 0 radical (unpaired) electrons. The number of carbonyl (C=O) groups is 2. The largest absolute Gasteiger partial charge is 0.456 e. The fraction of sp³-hybridized carbons (Fsp3) is 0.256. The van der Waals surface area contributed by atoms with E-state index in [0.29, 0.717) is 65.9 Å². The number of esters is 1. The Bertz CT molecular complexity index is 2440. The van der Waals surface area contributed by atoms with Gasteiger partial charge in [-0.1, -0.05) is 36.4 Å². The van der Waals surface area contributed by atoms with E-state index in [2.05, 4.69) is 32.7 Å². The van der Waals surface area contributed by atoms with Crippen LogP contribution in [0.2, 0.25) is 0 Å². The van der Waals surface area contributed by atoms with Crippen LogP contribution < -0.4 is 25.2 Å². The van der Waals surface area contributed by atoms with Crippen molar-refractivity contribution in [1.82, 2.24) is 20.3 Å². The van der Waals surface area contributed by atoms with Crippen LogP contribution in [0.25, 0.3) is 22.3 Å². The van der Waals surface area contributed by atoms with Crippen LogP contribution in [-0.4, -0.2) is 80.3 Å². The molecule has 12 heteroatoms. The van der Waals surface area contributed by atoms with Crippen LogP contribution in [0.5, 0.6) is 11.5 Å². The maximum absolute atomic E-state index is 13.6. The number of nitrogens with zero attached hydrogens (tertiary/aromatic N) is 4. The van der Waals surface area contributed by atoms with E-state index in [9.17, 15) is 9.59 Å². The first-order valence-corrected chi connectivity index (χ1v) is 18.7. The molecule has 12 nitrogen and oxygen atoms in total. The van der Waals surface area contributed by atoms with Crippen LogP contribution in [0.15, 0.2) is 97.2 Å². The smallest absolute Gasteiger partial charge is 0.340 e. The lowest BCUT2D eigenvalue weighted by Crippen LogP contribution is -2.36. The van der Waals surface area contributed by atoms with E-state index in [1.54, 1.807) is 18.2 Å². The predicted molar refractivity (Wildman–Crippen MR) is 211 cm³/mol. The van der Waals surface area contributed by atoms with Gasteiger partial charge in [-0.25, -0.2) is 14.8 Å². The topological polar surface area (TPSA) is 134 Å². The number of aromatic nitrogens is 3. The standard InChI is InChI=1S/C43H41N7O5/c1-49(2)34-12-8-14-36-39(34)43(31-10-3-4-13-35(31)54-36)32-25-27(15-16-30(32)42(52)55-43)41(51)46-19-6-5-18-45-37-26-38(50-21-23-53-24-22-50)48-40(47-37)29-9-7-11-33-28(29)17-20-44-33/h3-4,7-17,20,25-26,44H,5-6,18-19,21-24H2,1-2H3,(H,46,51)(H,45,47,48). The third-order valence-corrected chi connectivity index (χ3v) is 10.5. The number of carbonyl (C=O) groups excluding carboxylic acids is 2. The molecule has 0 bridgehead atoms. The monoisotopic (exact) mass is 735 g/mol. The summed E-state index contributed by atoms with van der Waals surface area (Å²) in [6, 6.07) is 28.7. The van der Waals surface area contributed by atoms with E-state index in [-0.39, 0.29) is 5.91 Å². The zero-order chi connectivity index (χ0) is 37.5. The van der Waals surface area contributed by atoms with Crippen molar-refractivity contribution in [2.24, 2.45) is 0 Å². The number of morpholine rings is 1. The highest BCUT2D eigenvalue weighted by molar-refractivity contribution is 6.01. The molecule has 3 N–H and O–H groups in total. The Hall–Kier alpha value is -6.40. The van der Waals surface area contributed by atoms with E-state index >= 15 is 0 Å². The van der Waals surface area contributed by atoms with Gasteiger partial charge in [0.2, 0.25) is 0 Å². The number of hydrogen-bond donors (Lipinski definition) is 3. The van der Waals surface area contributed by atoms with E-state index < -0.39 is 11.6 Å². The minimum atomic E-state index is -1.28. The Labute approximate surface area is 318 Å². The second-order valence-corrected chi connectivity index (χ2v) is 14.1. The van der Waals surface area contributed by atoms with Crippen molar-refractivity contribution < 1.29 is 23.8 Å². The minimum Gasteiger partial charge on any atom is -0.456 e. The van der Waals surface area contributed by atoms with Crippen LogP contribution in [0, 0.1) is 0 Å². The maximum Gasteiger partial charge on any atom is 0.340 e. The highest BCUT2D eigenvalue weighted by Crippen LogP contribution is 2.58. The van der Waals surface area contributed by atoms with Crippen LogP contribution in [0.3, 0.4) is 0 Å².